The fourth-order valence-corrected chi connectivity index (χ4v) is 0.504. The molecule has 6 heteroatoms. The van der Waals surface area contributed by atoms with Crippen LogP contribution in [0.3, 0.4) is 0 Å². The number of hydrogen-bond acceptors (Lipinski definition) is 4. The van der Waals surface area contributed by atoms with Crippen LogP contribution in [0.1, 0.15) is 6.92 Å². The summed E-state index contributed by atoms with van der Waals surface area (Å²) in [6.45, 7) is 5.42. The third-order valence-corrected chi connectivity index (χ3v) is 0.985. The molecule has 0 aromatic heterocycles. The zero-order valence-corrected chi connectivity index (χ0v) is 7.58. The Labute approximate surface area is 77.2 Å². The van der Waals surface area contributed by atoms with E-state index in [1.54, 1.807) is 6.92 Å². The molecule has 3 N–H and O–H groups in total. The van der Waals surface area contributed by atoms with Crippen molar-refractivity contribution in [3.63, 3.8) is 0 Å². The summed E-state index contributed by atoms with van der Waals surface area (Å²) >= 11 is 0. The number of halogens is 1. The summed E-state index contributed by atoms with van der Waals surface area (Å²) in [6.07, 6.45) is 0.0369. The van der Waals surface area contributed by atoms with Gasteiger partial charge < -0.3 is 5.11 Å². The van der Waals surface area contributed by atoms with Crippen LogP contribution in [0.5, 0.6) is 0 Å². The second-order valence-electron chi connectivity index (χ2n) is 1.74. The van der Waals surface area contributed by atoms with E-state index in [1.165, 1.54) is 6.20 Å². The number of carboxylic acid groups (broad SMARTS) is 1. The van der Waals surface area contributed by atoms with Crippen LogP contribution in [0, 0.1) is 0 Å². The smallest absolute Gasteiger partial charge is 0.343 e. The second-order valence-corrected chi connectivity index (χ2v) is 1.74. The SMILES string of the molecule is C=CN(OCC)C(N)C(=O)O.Cl. The fraction of sp³-hybridized carbons (Fsp3) is 0.500. The highest BCUT2D eigenvalue weighted by Gasteiger charge is 2.17. The second kappa shape index (κ2) is 6.90. The van der Waals surface area contributed by atoms with Crippen molar-refractivity contribution < 1.29 is 14.7 Å². The molecule has 0 heterocycles. The maximum absolute atomic E-state index is 10.3. The highest BCUT2D eigenvalue weighted by molar-refractivity contribution is 5.85. The van der Waals surface area contributed by atoms with Crippen molar-refractivity contribution >= 4 is 18.4 Å². The van der Waals surface area contributed by atoms with Gasteiger partial charge in [0, 0.05) is 6.20 Å². The lowest BCUT2D eigenvalue weighted by atomic mass is 10.5. The van der Waals surface area contributed by atoms with E-state index in [0.29, 0.717) is 6.61 Å². The minimum Gasteiger partial charge on any atom is -0.479 e. The van der Waals surface area contributed by atoms with Gasteiger partial charge in [-0.1, -0.05) is 6.58 Å². The van der Waals surface area contributed by atoms with Crippen LogP contribution in [0.25, 0.3) is 0 Å². The summed E-state index contributed by atoms with van der Waals surface area (Å²) in [7, 11) is 0. The van der Waals surface area contributed by atoms with Crippen LogP contribution in [0.4, 0.5) is 0 Å². The highest BCUT2D eigenvalue weighted by Crippen LogP contribution is 1.94. The van der Waals surface area contributed by atoms with Gasteiger partial charge in [-0.15, -0.1) is 12.4 Å². The van der Waals surface area contributed by atoms with Crippen LogP contribution < -0.4 is 5.73 Å². The summed E-state index contributed by atoms with van der Waals surface area (Å²) in [6, 6.07) is 0. The molecule has 12 heavy (non-hydrogen) atoms. The van der Waals surface area contributed by atoms with Crippen molar-refractivity contribution in [3.05, 3.63) is 12.8 Å². The van der Waals surface area contributed by atoms with Crippen molar-refractivity contribution in [2.24, 2.45) is 5.73 Å². The van der Waals surface area contributed by atoms with Gasteiger partial charge in [-0.05, 0) is 6.92 Å². The number of carbonyl (C=O) groups is 1. The molecule has 5 nitrogen and oxygen atoms in total. The molecule has 0 bridgehead atoms. The highest BCUT2D eigenvalue weighted by atomic mass is 35.5. The van der Waals surface area contributed by atoms with Gasteiger partial charge in [0.15, 0.2) is 0 Å². The lowest BCUT2D eigenvalue weighted by Crippen LogP contribution is -2.44. The van der Waals surface area contributed by atoms with Crippen molar-refractivity contribution in [1.29, 1.82) is 0 Å². The van der Waals surface area contributed by atoms with Crippen molar-refractivity contribution in [2.75, 3.05) is 6.61 Å². The summed E-state index contributed by atoms with van der Waals surface area (Å²) in [5.41, 5.74) is 5.19. The van der Waals surface area contributed by atoms with E-state index >= 15 is 0 Å². The van der Waals surface area contributed by atoms with Gasteiger partial charge in [-0.3, -0.25) is 10.6 Å². The summed E-state index contributed by atoms with van der Waals surface area (Å²) in [5.74, 6) is -1.15. The summed E-state index contributed by atoms with van der Waals surface area (Å²) < 4.78 is 0. The molecule has 0 amide bonds. The normalized spacial score (nSPS) is 11.2. The molecular formula is C6H13ClN2O3. The summed E-state index contributed by atoms with van der Waals surface area (Å²) in [5, 5.41) is 9.40. The van der Waals surface area contributed by atoms with E-state index in [1.807, 2.05) is 0 Å². The third kappa shape index (κ3) is 4.17. The van der Waals surface area contributed by atoms with Gasteiger partial charge in [-0.2, -0.15) is 0 Å². The van der Waals surface area contributed by atoms with E-state index in [9.17, 15) is 4.79 Å². The third-order valence-electron chi connectivity index (χ3n) is 0.985. The molecule has 1 atom stereocenters. The number of aliphatic carboxylic acids is 1. The predicted octanol–water partition coefficient (Wildman–Crippen LogP) is 0.175. The average Bonchev–Trinajstić information content (AvgIpc) is 1.98. The zero-order chi connectivity index (χ0) is 8.85. The van der Waals surface area contributed by atoms with Crippen LogP contribution in [-0.4, -0.2) is 28.9 Å². The number of hydrogen-bond donors (Lipinski definition) is 2. The Bertz CT molecular complexity index is 154. The van der Waals surface area contributed by atoms with Gasteiger partial charge in [0.25, 0.3) is 0 Å². The Morgan fingerprint density at radius 1 is 1.92 bits per heavy atom. The molecule has 1 unspecified atom stereocenters. The summed E-state index contributed by atoms with van der Waals surface area (Å²) in [4.78, 5) is 15.1. The quantitative estimate of drug-likeness (QED) is 0.485. The van der Waals surface area contributed by atoms with E-state index in [0.717, 1.165) is 5.06 Å². The largest absolute Gasteiger partial charge is 0.479 e. The minimum atomic E-state index is -1.19. The Morgan fingerprint density at radius 3 is 2.67 bits per heavy atom. The first-order valence-corrected chi connectivity index (χ1v) is 3.15. The topological polar surface area (TPSA) is 75.8 Å². The van der Waals surface area contributed by atoms with Crippen LogP contribution in [-0.2, 0) is 9.63 Å². The first-order valence-electron chi connectivity index (χ1n) is 3.15. The van der Waals surface area contributed by atoms with E-state index in [2.05, 4.69) is 6.58 Å². The number of rotatable bonds is 5. The van der Waals surface area contributed by atoms with E-state index < -0.39 is 12.1 Å². The van der Waals surface area contributed by atoms with Crippen LogP contribution >= 0.6 is 12.4 Å². The van der Waals surface area contributed by atoms with Crippen LogP contribution in [0.15, 0.2) is 12.8 Å². The minimum absolute atomic E-state index is 0. The maximum atomic E-state index is 10.3. The molecule has 0 fully saturated rings. The molecule has 0 rings (SSSR count). The van der Waals surface area contributed by atoms with Gasteiger partial charge in [0.1, 0.15) is 0 Å². The molecule has 0 spiro atoms. The number of nitrogens with zero attached hydrogens (tertiary/aromatic N) is 1. The monoisotopic (exact) mass is 196 g/mol. The van der Waals surface area contributed by atoms with Crippen LogP contribution in [0.2, 0.25) is 0 Å². The Balaban J connectivity index is 0. The first-order chi connectivity index (χ1) is 5.13. The van der Waals surface area contributed by atoms with Gasteiger partial charge >= 0.3 is 5.97 Å². The molecule has 0 saturated carbocycles. The lowest BCUT2D eigenvalue weighted by Gasteiger charge is -2.21. The van der Waals surface area contributed by atoms with Gasteiger partial charge in [0.2, 0.25) is 6.17 Å². The molecule has 0 aromatic carbocycles. The van der Waals surface area contributed by atoms with Crippen molar-refractivity contribution in [3.8, 4) is 0 Å². The molecular weight excluding hydrogens is 184 g/mol. The maximum Gasteiger partial charge on any atom is 0.343 e. The molecule has 0 aliphatic carbocycles. The lowest BCUT2D eigenvalue weighted by molar-refractivity contribution is -0.173. The number of nitrogens with two attached hydrogens (primary N) is 1. The fourth-order valence-electron chi connectivity index (χ4n) is 0.504. The van der Waals surface area contributed by atoms with Crippen molar-refractivity contribution in [1.82, 2.24) is 5.06 Å². The average molecular weight is 197 g/mol. The molecule has 0 radical (unpaired) electrons. The van der Waals surface area contributed by atoms with Gasteiger partial charge in [0.05, 0.1) is 6.61 Å². The van der Waals surface area contributed by atoms with E-state index in [-0.39, 0.29) is 12.4 Å². The Hall–Kier alpha value is -0.780. The van der Waals surface area contributed by atoms with Gasteiger partial charge in [-0.25, -0.2) is 9.86 Å². The molecule has 0 saturated heterocycles. The Morgan fingerprint density at radius 2 is 2.42 bits per heavy atom. The van der Waals surface area contributed by atoms with E-state index in [4.69, 9.17) is 15.7 Å². The molecule has 0 aromatic rings. The molecule has 0 aliphatic rings. The Kier molecular flexibility index (Phi) is 7.93. The molecule has 72 valence electrons. The predicted molar refractivity (Wildman–Crippen MR) is 46.5 cm³/mol. The number of hydroxylamine groups is 2. The standard InChI is InChI=1S/C6H12N2O3.ClH/c1-3-8(11-4-2)5(7)6(9)10;/h3,5H,1,4,7H2,2H3,(H,9,10);1H. The molecule has 0 aliphatic heterocycles. The van der Waals surface area contributed by atoms with Crippen molar-refractivity contribution in [2.45, 2.75) is 13.1 Å². The zero-order valence-electron chi connectivity index (χ0n) is 6.77. The first kappa shape index (κ1) is 13.8. The number of carboxylic acids is 1.